The van der Waals surface area contributed by atoms with E-state index in [1.54, 1.807) is 0 Å². The van der Waals surface area contributed by atoms with Gasteiger partial charge in [0.05, 0.1) is 0 Å². The van der Waals surface area contributed by atoms with Gasteiger partial charge in [-0.1, -0.05) is 12.2 Å². The van der Waals surface area contributed by atoms with E-state index in [-0.39, 0.29) is 11.1 Å². The van der Waals surface area contributed by atoms with Crippen molar-refractivity contribution in [1.82, 2.24) is 4.57 Å². The minimum absolute atomic E-state index is 0.201. The summed E-state index contributed by atoms with van der Waals surface area (Å²) in [6, 6.07) is 0. The third-order valence-electron chi connectivity index (χ3n) is 2.11. The van der Waals surface area contributed by atoms with Crippen LogP contribution in [0.15, 0.2) is 9.59 Å². The van der Waals surface area contributed by atoms with Gasteiger partial charge in [0.25, 0.3) is 11.1 Å². The lowest BCUT2D eigenvalue weighted by molar-refractivity contribution is 0.845. The van der Waals surface area contributed by atoms with Crippen LogP contribution in [0.5, 0.6) is 0 Å². The molecule has 0 saturated carbocycles. The Morgan fingerprint density at radius 3 is 1.81 bits per heavy atom. The molecule has 2 aliphatic rings. The van der Waals surface area contributed by atoms with Gasteiger partial charge in [-0.15, -0.1) is 45.3 Å². The fourth-order valence-electron chi connectivity index (χ4n) is 1.34. The van der Waals surface area contributed by atoms with Gasteiger partial charge in [-0.25, -0.2) is 0 Å². The molecule has 82 valence electrons. The smallest absolute Gasteiger partial charge is 0.272 e. The van der Waals surface area contributed by atoms with Crippen LogP contribution in [0.3, 0.4) is 0 Å². The van der Waals surface area contributed by atoms with E-state index in [1.807, 2.05) is 0 Å². The summed E-state index contributed by atoms with van der Waals surface area (Å²) >= 11 is 10.9. The van der Waals surface area contributed by atoms with Gasteiger partial charge in [0.1, 0.15) is 20.2 Å². The average Bonchev–Trinajstić information content (AvgIpc) is 2.70. The molecule has 8 heteroatoms. The molecule has 3 rings (SSSR count). The molecule has 0 spiro atoms. The third-order valence-corrected chi connectivity index (χ3v) is 7.82. The predicted molar refractivity (Wildman–Crippen MR) is 73.1 cm³/mol. The van der Waals surface area contributed by atoms with Crippen molar-refractivity contribution in [3.8, 4) is 0 Å². The zero-order chi connectivity index (χ0) is 11.4. The Labute approximate surface area is 110 Å². The molecule has 1 aromatic rings. The number of hydrogen-bond donors (Lipinski definition) is 0. The van der Waals surface area contributed by atoms with Crippen LogP contribution in [0, 0.1) is 12.2 Å². The van der Waals surface area contributed by atoms with Crippen LogP contribution in [0.1, 0.15) is 0 Å². The summed E-state index contributed by atoms with van der Waals surface area (Å²) in [5.41, 5.74) is -0.403. The van der Waals surface area contributed by atoms with Crippen LogP contribution in [0.25, 0.3) is 8.03 Å². The third kappa shape index (κ3) is 1.37. The topological polar surface area (TPSA) is 39.1 Å². The molecule has 0 unspecified atom stereocenters. The average molecular weight is 305 g/mol. The molecule has 16 heavy (non-hydrogen) atoms. The molecule has 0 saturated heterocycles. The second-order valence-electron chi connectivity index (χ2n) is 3.06. The van der Waals surface area contributed by atoms with E-state index >= 15 is 0 Å². The molecule has 0 atom stereocenters. The lowest BCUT2D eigenvalue weighted by Crippen LogP contribution is -2.21. The van der Waals surface area contributed by atoms with Gasteiger partial charge in [0.15, 0.2) is 0 Å². The summed E-state index contributed by atoms with van der Waals surface area (Å²) in [6.45, 7) is 0. The Morgan fingerprint density at radius 1 is 0.938 bits per heavy atom. The standard InChI is InChI=1S/C8H3NO2S5/c1-9-4(10)2-3(5(9)11)14-7-6(13-2)15-8(12)16-7/h1H3. The number of nitrogens with zero attached hydrogens (tertiary/aromatic N) is 1. The maximum absolute atomic E-state index is 11.8. The molecule has 0 radical (unpaired) electrons. The lowest BCUT2D eigenvalue weighted by atomic mass is 10.7. The molecule has 2 aliphatic heterocycles. The van der Waals surface area contributed by atoms with E-state index in [9.17, 15) is 9.59 Å². The summed E-state index contributed by atoms with van der Waals surface area (Å²) in [4.78, 5) is 23.5. The lowest BCUT2D eigenvalue weighted by Gasteiger charge is -1.82. The van der Waals surface area contributed by atoms with Crippen LogP contribution in [0.4, 0.5) is 0 Å². The van der Waals surface area contributed by atoms with E-state index in [2.05, 4.69) is 0 Å². The molecule has 1 aromatic heterocycles. The van der Waals surface area contributed by atoms with E-state index < -0.39 is 0 Å². The monoisotopic (exact) mass is 305 g/mol. The first kappa shape index (κ1) is 10.7. The molecular weight excluding hydrogens is 302 g/mol. The minimum Gasteiger partial charge on any atom is -0.276 e. The van der Waals surface area contributed by atoms with Gasteiger partial charge in [-0.2, -0.15) is 0 Å². The summed E-state index contributed by atoms with van der Waals surface area (Å²) < 4.78 is 5.17. The van der Waals surface area contributed by atoms with Crippen molar-refractivity contribution >= 4 is 65.6 Å². The Kier molecular flexibility index (Phi) is 2.37. The Bertz CT molecular complexity index is 849. The molecule has 0 N–H and O–H groups in total. The summed E-state index contributed by atoms with van der Waals surface area (Å²) in [5.74, 6) is 0. The predicted octanol–water partition coefficient (Wildman–Crippen LogP) is 2.60. The molecule has 0 amide bonds. The molecular formula is C8H3NO2S5. The highest BCUT2D eigenvalue weighted by Gasteiger charge is 2.10. The highest BCUT2D eigenvalue weighted by Crippen LogP contribution is 2.34. The van der Waals surface area contributed by atoms with E-state index in [0.717, 1.165) is 11.2 Å². The van der Waals surface area contributed by atoms with Crippen molar-refractivity contribution in [1.29, 1.82) is 0 Å². The minimum atomic E-state index is -0.201. The summed E-state index contributed by atoms with van der Waals surface area (Å²) in [6.07, 6.45) is 0. The van der Waals surface area contributed by atoms with E-state index in [4.69, 9.17) is 12.2 Å². The van der Waals surface area contributed by atoms with Crippen LogP contribution < -0.4 is 11.1 Å². The molecule has 3 nitrogen and oxygen atoms in total. The maximum Gasteiger partial charge on any atom is 0.272 e. The zero-order valence-electron chi connectivity index (χ0n) is 7.80. The first-order valence-corrected chi connectivity index (χ1v) is 7.81. The zero-order valence-corrected chi connectivity index (χ0v) is 11.9. The van der Waals surface area contributed by atoms with Crippen molar-refractivity contribution in [2.24, 2.45) is 7.05 Å². The number of hydrogen-bond acceptors (Lipinski definition) is 7. The van der Waals surface area contributed by atoms with Gasteiger partial charge >= 0.3 is 0 Å². The Morgan fingerprint density at radius 2 is 1.38 bits per heavy atom. The first-order chi connectivity index (χ1) is 7.58. The van der Waals surface area contributed by atoms with Crippen LogP contribution >= 0.6 is 57.6 Å². The molecule has 0 aromatic carbocycles. The first-order valence-electron chi connectivity index (χ1n) is 4.14. The molecule has 0 fully saturated rings. The fraction of sp³-hybridized carbons (Fsp3) is 0.125. The second-order valence-corrected chi connectivity index (χ2v) is 8.84. The van der Waals surface area contributed by atoms with Crippen LogP contribution in [0.2, 0.25) is 0 Å². The summed E-state index contributed by atoms with van der Waals surface area (Å²) in [5, 5.41) is 0. The Hall–Kier alpha value is -0.410. The Balaban J connectivity index is 2.76. The van der Waals surface area contributed by atoms with Crippen molar-refractivity contribution in [3.63, 3.8) is 0 Å². The molecule has 0 bridgehead atoms. The highest BCUT2D eigenvalue weighted by atomic mass is 32.2. The maximum atomic E-state index is 11.8. The van der Waals surface area contributed by atoms with Gasteiger partial charge < -0.3 is 0 Å². The van der Waals surface area contributed by atoms with E-state index in [0.29, 0.717) is 9.06 Å². The fourth-order valence-corrected chi connectivity index (χ4v) is 7.54. The number of fused-ring (bicyclic) bond motifs is 1. The van der Waals surface area contributed by atoms with Crippen molar-refractivity contribution < 1.29 is 0 Å². The number of aromatic nitrogens is 1. The molecule has 0 aliphatic carbocycles. The van der Waals surface area contributed by atoms with Crippen molar-refractivity contribution in [2.75, 3.05) is 0 Å². The van der Waals surface area contributed by atoms with Gasteiger partial charge in [-0.05, 0) is 0 Å². The van der Waals surface area contributed by atoms with Gasteiger partial charge in [0, 0.05) is 7.05 Å². The second kappa shape index (κ2) is 3.54. The summed E-state index contributed by atoms with van der Waals surface area (Å²) in [7, 11) is 1.51. The molecule has 3 heterocycles. The quantitative estimate of drug-likeness (QED) is 0.599. The SMILES string of the molecule is Cn1c(=O)c2sc3sc(=S)sc3sc=2c1=O. The van der Waals surface area contributed by atoms with Crippen molar-refractivity contribution in [2.45, 2.75) is 0 Å². The van der Waals surface area contributed by atoms with E-state index in [1.165, 1.54) is 57.0 Å². The largest absolute Gasteiger partial charge is 0.276 e. The highest BCUT2D eigenvalue weighted by molar-refractivity contribution is 7.78. The number of rotatable bonds is 0. The van der Waals surface area contributed by atoms with Gasteiger partial charge in [0.2, 0.25) is 0 Å². The van der Waals surface area contributed by atoms with Crippen LogP contribution in [-0.2, 0) is 7.05 Å². The van der Waals surface area contributed by atoms with Crippen molar-refractivity contribution in [3.05, 3.63) is 32.9 Å². The van der Waals surface area contributed by atoms with Crippen LogP contribution in [-0.4, -0.2) is 4.57 Å². The van der Waals surface area contributed by atoms with Gasteiger partial charge in [-0.3, -0.25) is 14.2 Å². The normalized spacial score (nSPS) is 11.6.